The van der Waals surface area contributed by atoms with Crippen molar-refractivity contribution < 1.29 is 27.5 Å². The lowest BCUT2D eigenvalue weighted by Crippen LogP contribution is -2.34. The van der Waals surface area contributed by atoms with Crippen LogP contribution in [0, 0.1) is 6.92 Å². The van der Waals surface area contributed by atoms with E-state index in [1.165, 1.54) is 24.3 Å². The molecule has 8 nitrogen and oxygen atoms in total. The van der Waals surface area contributed by atoms with E-state index in [1.807, 2.05) is 0 Å². The third-order valence-corrected chi connectivity index (χ3v) is 5.61. The zero-order valence-electron chi connectivity index (χ0n) is 15.0. The number of sulfonamides is 1. The Morgan fingerprint density at radius 1 is 1.04 bits per heavy atom. The molecule has 2 aromatic rings. The highest BCUT2D eigenvalue weighted by Gasteiger charge is 2.35. The zero-order valence-corrected chi connectivity index (χ0v) is 15.9. The molecule has 0 aromatic heterocycles. The van der Waals surface area contributed by atoms with Gasteiger partial charge in [0.2, 0.25) is 10.0 Å². The van der Waals surface area contributed by atoms with Gasteiger partial charge in [-0.3, -0.25) is 14.4 Å². The van der Waals surface area contributed by atoms with Crippen LogP contribution >= 0.6 is 0 Å². The summed E-state index contributed by atoms with van der Waals surface area (Å²) < 4.78 is 31.6. The van der Waals surface area contributed by atoms with Gasteiger partial charge in [-0.2, -0.15) is 0 Å². The Hall–Kier alpha value is -3.04. The van der Waals surface area contributed by atoms with Gasteiger partial charge in [-0.15, -0.1) is 0 Å². The number of carbonyl (C=O) groups excluding carboxylic acids is 3. The highest BCUT2D eigenvalue weighted by atomic mass is 32.2. The van der Waals surface area contributed by atoms with Crippen LogP contribution in [0.2, 0.25) is 0 Å². The second-order valence-corrected chi connectivity index (χ2v) is 7.96. The van der Waals surface area contributed by atoms with Crippen molar-refractivity contribution in [3.05, 3.63) is 65.2 Å². The van der Waals surface area contributed by atoms with Crippen molar-refractivity contribution in [1.82, 2.24) is 9.62 Å². The molecule has 2 aromatic carbocycles. The maximum Gasteiger partial charge on any atom is 0.308 e. The summed E-state index contributed by atoms with van der Waals surface area (Å²) in [6.07, 6.45) is -0.242. The fraction of sp³-hybridized carbons (Fsp3) is 0.211. The highest BCUT2D eigenvalue weighted by Crippen LogP contribution is 2.22. The summed E-state index contributed by atoms with van der Waals surface area (Å²) in [5, 5.41) is 0. The number of rotatable bonds is 7. The average Bonchev–Trinajstić information content (AvgIpc) is 2.91. The largest absolute Gasteiger partial charge is 0.444 e. The van der Waals surface area contributed by atoms with Gasteiger partial charge >= 0.3 is 5.97 Å². The molecule has 1 heterocycles. The molecule has 0 spiro atoms. The predicted molar refractivity (Wildman–Crippen MR) is 98.9 cm³/mol. The number of nitrogens with one attached hydrogen (secondary N) is 1. The number of carbonyl (C=O) groups is 3. The Morgan fingerprint density at radius 2 is 1.68 bits per heavy atom. The van der Waals surface area contributed by atoms with Gasteiger partial charge in [-0.05, 0) is 36.8 Å². The van der Waals surface area contributed by atoms with Crippen molar-refractivity contribution in [3.8, 4) is 0 Å². The van der Waals surface area contributed by atoms with Gasteiger partial charge in [-0.1, -0.05) is 24.3 Å². The molecule has 0 atom stereocenters. The van der Waals surface area contributed by atoms with Crippen LogP contribution in [-0.4, -0.2) is 44.4 Å². The first-order valence-corrected chi connectivity index (χ1v) is 9.95. The standard InChI is InChI=1S/C19H18N2O6S/c1-13-5-4-6-14(11-13)28(25,26)20-10-9-17(22)27-12-21-18(23)15-7-2-3-8-16(15)19(21)24/h2-8,11,20H,9-10,12H2,1H3. The van der Waals surface area contributed by atoms with Crippen molar-refractivity contribution in [2.24, 2.45) is 0 Å². The minimum Gasteiger partial charge on any atom is -0.444 e. The molecule has 1 aliphatic rings. The van der Waals surface area contributed by atoms with E-state index in [4.69, 9.17) is 4.74 Å². The predicted octanol–water partition coefficient (Wildman–Crippen LogP) is 1.46. The molecule has 0 radical (unpaired) electrons. The average molecular weight is 402 g/mol. The second-order valence-electron chi connectivity index (χ2n) is 6.19. The monoisotopic (exact) mass is 402 g/mol. The van der Waals surface area contributed by atoms with E-state index in [0.29, 0.717) is 0 Å². The number of nitrogens with zero attached hydrogens (tertiary/aromatic N) is 1. The molecular formula is C19H18N2O6S. The van der Waals surface area contributed by atoms with Crippen LogP contribution in [0.1, 0.15) is 32.7 Å². The number of esters is 1. The second kappa shape index (κ2) is 7.91. The molecule has 0 saturated carbocycles. The molecule has 0 fully saturated rings. The normalized spacial score (nSPS) is 13.5. The Balaban J connectivity index is 1.49. The van der Waals surface area contributed by atoms with E-state index >= 15 is 0 Å². The minimum absolute atomic E-state index is 0.104. The van der Waals surface area contributed by atoms with E-state index in [-0.39, 0.29) is 29.0 Å². The lowest BCUT2D eigenvalue weighted by atomic mass is 10.1. The van der Waals surface area contributed by atoms with Crippen LogP contribution in [0.3, 0.4) is 0 Å². The zero-order chi connectivity index (χ0) is 20.3. The Labute approximate surface area is 162 Å². The van der Waals surface area contributed by atoms with Gasteiger partial charge in [0.05, 0.1) is 22.4 Å². The van der Waals surface area contributed by atoms with Gasteiger partial charge in [0.1, 0.15) is 0 Å². The molecule has 0 unspecified atom stereocenters. The number of imide groups is 1. The van der Waals surface area contributed by atoms with Crippen LogP contribution < -0.4 is 4.72 Å². The van der Waals surface area contributed by atoms with E-state index < -0.39 is 34.5 Å². The third kappa shape index (κ3) is 4.10. The summed E-state index contributed by atoms with van der Waals surface area (Å²) in [5.41, 5.74) is 1.31. The number of aryl methyl sites for hydroxylation is 1. The SMILES string of the molecule is Cc1cccc(S(=O)(=O)NCCC(=O)OCN2C(=O)c3ccccc3C2=O)c1. The van der Waals surface area contributed by atoms with Crippen molar-refractivity contribution >= 4 is 27.8 Å². The van der Waals surface area contributed by atoms with Crippen molar-refractivity contribution in [1.29, 1.82) is 0 Å². The van der Waals surface area contributed by atoms with Crippen molar-refractivity contribution in [2.45, 2.75) is 18.2 Å². The molecule has 146 valence electrons. The number of fused-ring (bicyclic) bond motifs is 1. The quantitative estimate of drug-likeness (QED) is 0.555. The summed E-state index contributed by atoms with van der Waals surface area (Å²) in [7, 11) is -3.74. The summed E-state index contributed by atoms with van der Waals surface area (Å²) in [5.74, 6) is -1.80. The first kappa shape index (κ1) is 19.7. The van der Waals surface area contributed by atoms with Crippen LogP contribution in [0.25, 0.3) is 0 Å². The van der Waals surface area contributed by atoms with Crippen LogP contribution in [0.4, 0.5) is 0 Å². The number of benzene rings is 2. The molecule has 2 amide bonds. The minimum atomic E-state index is -3.74. The number of ether oxygens (including phenoxy) is 1. The van der Waals surface area contributed by atoms with Gasteiger partial charge in [0.15, 0.2) is 6.73 Å². The first-order valence-electron chi connectivity index (χ1n) is 8.47. The summed E-state index contributed by atoms with van der Waals surface area (Å²) in [6.45, 7) is 1.09. The Kier molecular flexibility index (Phi) is 5.57. The van der Waals surface area contributed by atoms with Gasteiger partial charge < -0.3 is 4.74 Å². The van der Waals surface area contributed by atoms with Crippen LogP contribution in [0.15, 0.2) is 53.4 Å². The summed E-state index contributed by atoms with van der Waals surface area (Å²) in [6, 6.07) is 12.7. The van der Waals surface area contributed by atoms with Gasteiger partial charge in [0.25, 0.3) is 11.8 Å². The molecule has 0 bridgehead atoms. The molecule has 3 rings (SSSR count). The molecule has 1 aliphatic heterocycles. The van der Waals surface area contributed by atoms with Gasteiger partial charge in [-0.25, -0.2) is 18.0 Å². The van der Waals surface area contributed by atoms with E-state index in [0.717, 1.165) is 10.5 Å². The van der Waals surface area contributed by atoms with Gasteiger partial charge in [0, 0.05) is 6.54 Å². The molecule has 0 saturated heterocycles. The van der Waals surface area contributed by atoms with E-state index in [1.54, 1.807) is 31.2 Å². The molecule has 9 heteroatoms. The number of hydrogen-bond donors (Lipinski definition) is 1. The smallest absolute Gasteiger partial charge is 0.308 e. The summed E-state index contributed by atoms with van der Waals surface area (Å²) >= 11 is 0. The van der Waals surface area contributed by atoms with Crippen molar-refractivity contribution in [3.63, 3.8) is 0 Å². The Morgan fingerprint density at radius 3 is 2.29 bits per heavy atom. The molecule has 0 aliphatic carbocycles. The lowest BCUT2D eigenvalue weighted by Gasteiger charge is -2.14. The summed E-state index contributed by atoms with van der Waals surface area (Å²) in [4.78, 5) is 37.1. The van der Waals surface area contributed by atoms with Crippen LogP contribution in [0.5, 0.6) is 0 Å². The Bertz CT molecular complexity index is 1010. The highest BCUT2D eigenvalue weighted by molar-refractivity contribution is 7.89. The fourth-order valence-electron chi connectivity index (χ4n) is 2.72. The maximum absolute atomic E-state index is 12.2. The maximum atomic E-state index is 12.2. The molecule has 28 heavy (non-hydrogen) atoms. The first-order chi connectivity index (χ1) is 13.3. The molecular weight excluding hydrogens is 384 g/mol. The number of hydrogen-bond acceptors (Lipinski definition) is 6. The van der Waals surface area contributed by atoms with Crippen LogP contribution in [-0.2, 0) is 19.6 Å². The number of amides is 2. The lowest BCUT2D eigenvalue weighted by molar-refractivity contribution is -0.146. The van der Waals surface area contributed by atoms with E-state index in [2.05, 4.69) is 4.72 Å². The van der Waals surface area contributed by atoms with E-state index in [9.17, 15) is 22.8 Å². The topological polar surface area (TPSA) is 110 Å². The molecule has 1 N–H and O–H groups in total. The fourth-order valence-corrected chi connectivity index (χ4v) is 3.85. The third-order valence-electron chi connectivity index (χ3n) is 4.15. The van der Waals surface area contributed by atoms with Crippen molar-refractivity contribution in [2.75, 3.05) is 13.3 Å².